The van der Waals surface area contributed by atoms with E-state index in [9.17, 15) is 4.79 Å². The van der Waals surface area contributed by atoms with Crippen molar-refractivity contribution in [3.8, 4) is 11.5 Å². The van der Waals surface area contributed by atoms with Crippen molar-refractivity contribution < 1.29 is 14.3 Å². The smallest absolute Gasteiger partial charge is 0.257 e. The highest BCUT2D eigenvalue weighted by molar-refractivity contribution is 7.13. The van der Waals surface area contributed by atoms with Crippen LogP contribution in [-0.2, 0) is 6.54 Å². The van der Waals surface area contributed by atoms with Crippen LogP contribution in [-0.4, -0.2) is 42.6 Å². The Morgan fingerprint density at radius 2 is 2.11 bits per heavy atom. The zero-order valence-corrected chi connectivity index (χ0v) is 17.0. The van der Waals surface area contributed by atoms with E-state index < -0.39 is 0 Å². The van der Waals surface area contributed by atoms with E-state index in [1.165, 1.54) is 24.2 Å². The van der Waals surface area contributed by atoms with Gasteiger partial charge >= 0.3 is 0 Å². The van der Waals surface area contributed by atoms with Crippen LogP contribution in [0.2, 0.25) is 0 Å². The number of hydrogen-bond donors (Lipinski definition) is 1. The Kier molecular flexibility index (Phi) is 6.68. The number of aromatic nitrogens is 1. The van der Waals surface area contributed by atoms with E-state index in [0.29, 0.717) is 28.8 Å². The summed E-state index contributed by atoms with van der Waals surface area (Å²) in [5.41, 5.74) is 1.52. The highest BCUT2D eigenvalue weighted by Gasteiger charge is 2.17. The summed E-state index contributed by atoms with van der Waals surface area (Å²) in [7, 11) is 1.58. The van der Waals surface area contributed by atoms with Crippen LogP contribution in [0.5, 0.6) is 11.5 Å². The van der Waals surface area contributed by atoms with Gasteiger partial charge in [0.1, 0.15) is 0 Å². The second-order valence-corrected chi connectivity index (χ2v) is 7.71. The first-order valence-electron chi connectivity index (χ1n) is 9.38. The minimum atomic E-state index is -0.202. The molecule has 0 unspecified atom stereocenters. The van der Waals surface area contributed by atoms with Crippen molar-refractivity contribution in [1.29, 1.82) is 0 Å². The number of amides is 1. The van der Waals surface area contributed by atoms with E-state index in [-0.39, 0.29) is 5.91 Å². The molecule has 0 spiro atoms. The lowest BCUT2D eigenvalue weighted by atomic mass is 9.99. The maximum atomic E-state index is 12.6. The number of methoxy groups -OCH3 is 1. The highest BCUT2D eigenvalue weighted by atomic mass is 32.1. The first-order chi connectivity index (χ1) is 13.1. The molecule has 0 atom stereocenters. The topological polar surface area (TPSA) is 63.7 Å². The highest BCUT2D eigenvalue weighted by Crippen LogP contribution is 2.28. The molecule has 2 heterocycles. The Bertz CT molecular complexity index is 770. The molecule has 0 bridgehead atoms. The quantitative estimate of drug-likeness (QED) is 0.774. The molecule has 0 aliphatic carbocycles. The molecule has 1 N–H and O–H groups in total. The summed E-state index contributed by atoms with van der Waals surface area (Å²) in [6, 6.07) is 5.16. The van der Waals surface area contributed by atoms with E-state index in [4.69, 9.17) is 9.47 Å². The minimum Gasteiger partial charge on any atom is -0.493 e. The number of hydrogen-bond acceptors (Lipinski definition) is 6. The third-order valence-electron chi connectivity index (χ3n) is 4.76. The maximum Gasteiger partial charge on any atom is 0.257 e. The fraction of sp³-hybridized carbons (Fsp3) is 0.500. The lowest BCUT2D eigenvalue weighted by Gasteiger charge is -2.29. The Morgan fingerprint density at radius 3 is 2.81 bits per heavy atom. The number of anilines is 1. The summed E-state index contributed by atoms with van der Waals surface area (Å²) in [6.07, 6.45) is 2.49. The second-order valence-electron chi connectivity index (χ2n) is 6.86. The molecule has 1 amide bonds. The third kappa shape index (κ3) is 5.20. The van der Waals surface area contributed by atoms with Gasteiger partial charge in [-0.1, -0.05) is 6.92 Å². The molecule has 7 heteroatoms. The van der Waals surface area contributed by atoms with E-state index in [1.807, 2.05) is 12.3 Å². The standard InChI is InChI=1S/C20H27N3O3S/c1-4-26-18-11-15(5-6-17(18)25-3)19(24)22-20-21-16(13-27-20)12-23-9-7-14(2)8-10-23/h5-6,11,13-14H,4,7-10,12H2,1-3H3,(H,21,22,24). The zero-order valence-electron chi connectivity index (χ0n) is 16.2. The maximum absolute atomic E-state index is 12.6. The van der Waals surface area contributed by atoms with Crippen LogP contribution >= 0.6 is 11.3 Å². The van der Waals surface area contributed by atoms with E-state index in [2.05, 4.69) is 22.1 Å². The van der Waals surface area contributed by atoms with Crippen LogP contribution in [0.4, 0.5) is 5.13 Å². The molecule has 0 radical (unpaired) electrons. The number of likely N-dealkylation sites (tertiary alicyclic amines) is 1. The van der Waals surface area contributed by atoms with Gasteiger partial charge in [-0.15, -0.1) is 11.3 Å². The van der Waals surface area contributed by atoms with Gasteiger partial charge in [0.25, 0.3) is 5.91 Å². The van der Waals surface area contributed by atoms with Crippen molar-refractivity contribution in [1.82, 2.24) is 9.88 Å². The number of carbonyl (C=O) groups excluding carboxylic acids is 1. The van der Waals surface area contributed by atoms with Gasteiger partial charge in [-0.25, -0.2) is 4.98 Å². The Hall–Kier alpha value is -2.12. The Labute approximate surface area is 164 Å². The molecule has 1 aliphatic rings. The fourth-order valence-electron chi connectivity index (χ4n) is 3.14. The number of ether oxygens (including phenoxy) is 2. The van der Waals surface area contributed by atoms with Gasteiger partial charge in [0.2, 0.25) is 0 Å². The van der Waals surface area contributed by atoms with Crippen molar-refractivity contribution in [2.75, 3.05) is 32.1 Å². The summed E-state index contributed by atoms with van der Waals surface area (Å²) in [5, 5.41) is 5.52. The first-order valence-corrected chi connectivity index (χ1v) is 10.3. The SMILES string of the molecule is CCOc1cc(C(=O)Nc2nc(CN3CCC(C)CC3)cs2)ccc1OC. The van der Waals surface area contributed by atoms with Gasteiger partial charge in [0.15, 0.2) is 16.6 Å². The van der Waals surface area contributed by atoms with Crippen LogP contribution < -0.4 is 14.8 Å². The number of piperidine rings is 1. The van der Waals surface area contributed by atoms with Crippen molar-refractivity contribution >= 4 is 22.4 Å². The van der Waals surface area contributed by atoms with E-state index >= 15 is 0 Å². The Morgan fingerprint density at radius 1 is 1.33 bits per heavy atom. The largest absolute Gasteiger partial charge is 0.493 e. The van der Waals surface area contributed by atoms with Gasteiger partial charge in [-0.05, 0) is 57.0 Å². The van der Waals surface area contributed by atoms with Crippen LogP contribution in [0.15, 0.2) is 23.6 Å². The second kappa shape index (κ2) is 9.19. The normalized spacial score (nSPS) is 15.5. The molecule has 0 saturated carbocycles. The van der Waals surface area contributed by atoms with Crippen LogP contribution in [0.3, 0.4) is 0 Å². The average Bonchev–Trinajstić information content (AvgIpc) is 3.10. The van der Waals surface area contributed by atoms with Crippen LogP contribution in [0.25, 0.3) is 0 Å². The van der Waals surface area contributed by atoms with Crippen molar-refractivity contribution in [2.24, 2.45) is 5.92 Å². The molecule has 1 fully saturated rings. The van der Waals surface area contributed by atoms with E-state index in [0.717, 1.165) is 31.2 Å². The molecule has 1 aromatic carbocycles. The minimum absolute atomic E-state index is 0.202. The number of rotatable bonds is 7. The van der Waals surface area contributed by atoms with Gasteiger partial charge < -0.3 is 9.47 Å². The predicted octanol–water partition coefficient (Wildman–Crippen LogP) is 4.03. The van der Waals surface area contributed by atoms with Crippen molar-refractivity contribution in [3.05, 3.63) is 34.8 Å². The molecule has 27 heavy (non-hydrogen) atoms. The first kappa shape index (κ1) is 19.6. The molecule has 2 aromatic rings. The number of nitrogens with one attached hydrogen (secondary N) is 1. The molecular formula is C20H27N3O3S. The monoisotopic (exact) mass is 389 g/mol. The van der Waals surface area contributed by atoms with Crippen molar-refractivity contribution in [2.45, 2.75) is 33.2 Å². The molecular weight excluding hydrogens is 362 g/mol. The zero-order chi connectivity index (χ0) is 19.2. The number of carbonyl (C=O) groups is 1. The summed E-state index contributed by atoms with van der Waals surface area (Å²) in [4.78, 5) is 19.6. The van der Waals surface area contributed by atoms with Crippen molar-refractivity contribution in [3.63, 3.8) is 0 Å². The number of benzene rings is 1. The van der Waals surface area contributed by atoms with Gasteiger partial charge in [0.05, 0.1) is 19.4 Å². The Balaban J connectivity index is 1.61. The fourth-order valence-corrected chi connectivity index (χ4v) is 3.84. The lowest BCUT2D eigenvalue weighted by molar-refractivity contribution is 0.102. The average molecular weight is 390 g/mol. The van der Waals surface area contributed by atoms with Gasteiger partial charge in [-0.3, -0.25) is 15.0 Å². The molecule has 6 nitrogen and oxygen atoms in total. The van der Waals surface area contributed by atoms with E-state index in [1.54, 1.807) is 25.3 Å². The number of nitrogens with zero attached hydrogens (tertiary/aromatic N) is 2. The van der Waals surface area contributed by atoms with Gasteiger partial charge in [-0.2, -0.15) is 0 Å². The molecule has 3 rings (SSSR count). The molecule has 1 aromatic heterocycles. The predicted molar refractivity (Wildman–Crippen MR) is 108 cm³/mol. The van der Waals surface area contributed by atoms with Crippen LogP contribution in [0.1, 0.15) is 42.7 Å². The molecule has 1 aliphatic heterocycles. The number of thiazole rings is 1. The summed E-state index contributed by atoms with van der Waals surface area (Å²) >= 11 is 1.46. The third-order valence-corrected chi connectivity index (χ3v) is 5.57. The molecule has 1 saturated heterocycles. The summed E-state index contributed by atoms with van der Waals surface area (Å²) in [6.45, 7) is 7.79. The molecule has 146 valence electrons. The lowest BCUT2D eigenvalue weighted by Crippen LogP contribution is -2.32. The summed E-state index contributed by atoms with van der Waals surface area (Å²) in [5.74, 6) is 1.79. The van der Waals surface area contributed by atoms with Gasteiger partial charge in [0, 0.05) is 17.5 Å². The van der Waals surface area contributed by atoms with Crippen LogP contribution in [0, 0.1) is 5.92 Å². The summed E-state index contributed by atoms with van der Waals surface area (Å²) < 4.78 is 10.8.